The Morgan fingerprint density at radius 2 is 0.583 bits per heavy atom. The quantitative estimate of drug-likeness (QED) is 0.212. The Balaban J connectivity index is -0.0000000699. The summed E-state index contributed by atoms with van der Waals surface area (Å²) >= 11 is 4.64. The van der Waals surface area contributed by atoms with Gasteiger partial charge in [0.2, 0.25) is 0 Å². The largest absolute Gasteiger partial charge is 0.563 e. The van der Waals surface area contributed by atoms with E-state index >= 15 is 0 Å². The van der Waals surface area contributed by atoms with Gasteiger partial charge in [0.25, 0.3) is 0 Å². The van der Waals surface area contributed by atoms with Crippen LogP contribution in [0.4, 0.5) is 0 Å². The maximum absolute atomic E-state index is 9.24. The van der Waals surface area contributed by atoms with Gasteiger partial charge in [-0.1, -0.05) is 0 Å². The maximum atomic E-state index is 9.24. The van der Waals surface area contributed by atoms with Crippen molar-refractivity contribution in [2.24, 2.45) is 0 Å². The summed E-state index contributed by atoms with van der Waals surface area (Å²) in [6.45, 7) is 0. The van der Waals surface area contributed by atoms with Gasteiger partial charge >= 0.3 is 49.5 Å². The van der Waals surface area contributed by atoms with Gasteiger partial charge in [-0.15, -0.1) is 11.6 Å². The molecule has 15 nitrogen and oxygen atoms in total. The number of hydrogen-bond donors (Lipinski definition) is 0. The molecule has 0 radical (unpaired) electrons. The van der Waals surface area contributed by atoms with Crippen molar-refractivity contribution >= 4 is 61.1 Å². The molecule has 0 N–H and O–H groups in total. The second-order valence-corrected chi connectivity index (χ2v) is 6.23. The Kier molecular flexibility index (Phi) is 40.8. The molecule has 24 heavy (non-hydrogen) atoms. The molecule has 0 aliphatic rings. The summed E-state index contributed by atoms with van der Waals surface area (Å²) in [6, 6.07) is 0. The standard InChI is InChI=1S/CH3Cl.3O5P2.U/c1-2;3*1-6(2)5-7(3)4;/h1H3;;;;. The zero-order chi connectivity index (χ0) is 19.6. The summed E-state index contributed by atoms with van der Waals surface area (Å²) in [5.41, 5.74) is 0. The van der Waals surface area contributed by atoms with Crippen molar-refractivity contribution in [3.8, 4) is 0 Å². The Morgan fingerprint density at radius 3 is 0.583 bits per heavy atom. The second-order valence-electron chi connectivity index (χ2n) is 1.59. The van der Waals surface area contributed by atoms with Crippen LogP contribution in [0.25, 0.3) is 0 Å². The maximum Gasteiger partial charge on any atom is 0.543 e. The molecule has 6 unspecified atom stereocenters. The molecule has 0 rings (SSSR count). The van der Waals surface area contributed by atoms with E-state index in [1.165, 1.54) is 6.38 Å². The summed E-state index contributed by atoms with van der Waals surface area (Å²) in [5, 5.41) is 0. The molecule has 0 aliphatic carbocycles. The van der Waals surface area contributed by atoms with E-state index in [1.807, 2.05) is 0 Å². The summed E-state index contributed by atoms with van der Waals surface area (Å²) in [5.74, 6) is 0. The predicted octanol–water partition coefficient (Wildman–Crippen LogP) is -2.03. The summed E-state index contributed by atoms with van der Waals surface area (Å²) in [7, 11) is -19.4. The van der Waals surface area contributed by atoms with E-state index in [0.29, 0.717) is 0 Å². The van der Waals surface area contributed by atoms with Crippen molar-refractivity contribution in [1.29, 1.82) is 0 Å². The van der Waals surface area contributed by atoms with Crippen LogP contribution in [0.15, 0.2) is 0 Å². The summed E-state index contributed by atoms with van der Waals surface area (Å²) < 4.78 is 64.9. The van der Waals surface area contributed by atoms with Crippen LogP contribution in [0.2, 0.25) is 0 Å². The van der Waals surface area contributed by atoms with Crippen LogP contribution in [0.5, 0.6) is 0 Å². The Bertz CT molecular complexity index is 326. The van der Waals surface area contributed by atoms with Gasteiger partial charge in [0.05, 0.1) is 0 Å². The minimum Gasteiger partial charge on any atom is -0.563 e. The minimum atomic E-state index is -3.24. The van der Waals surface area contributed by atoms with Crippen LogP contribution in [0, 0.1) is 31.1 Å². The molecule has 0 aromatic heterocycles. The molecule has 0 heterocycles. The van der Waals surface area contributed by atoms with E-state index in [1.54, 1.807) is 0 Å². The van der Waals surface area contributed by atoms with E-state index in [0.717, 1.165) is 0 Å². The molecule has 6 atom stereocenters. The van der Waals surface area contributed by atoms with Crippen LogP contribution in [-0.4, -0.2) is 6.38 Å². The van der Waals surface area contributed by atoms with Crippen LogP contribution < -0.4 is 29.4 Å². The molecular weight excluding hydrogens is 711 g/mol. The third-order valence-electron chi connectivity index (χ3n) is 0.400. The monoisotopic (exact) mass is 714 g/mol. The molecule has 23 heteroatoms. The molecule has 0 fully saturated rings. The first-order valence-electron chi connectivity index (χ1n) is 3.66. The van der Waals surface area contributed by atoms with Crippen molar-refractivity contribution < 1.29 is 101 Å². The van der Waals surface area contributed by atoms with Crippen LogP contribution in [0.1, 0.15) is 0 Å². The molecule has 0 bridgehead atoms. The zero-order valence-electron chi connectivity index (χ0n) is 10.7. The summed E-state index contributed by atoms with van der Waals surface area (Å²) in [6.07, 6.45) is 1.47. The normalized spacial score (nSPS) is 12.0. The van der Waals surface area contributed by atoms with Crippen LogP contribution in [-0.2, 0) is 40.3 Å². The molecule has 138 valence electrons. The molecule has 0 saturated heterocycles. The fourth-order valence-electron chi connectivity index (χ4n) is 0.163. The van der Waals surface area contributed by atoms with Gasteiger partial charge in [-0.3, -0.25) is 0 Å². The van der Waals surface area contributed by atoms with Gasteiger partial charge < -0.3 is 29.4 Å². The third kappa shape index (κ3) is 65.2. The molecule has 0 aromatic carbocycles. The number of hydrogen-bond acceptors (Lipinski definition) is 15. The number of rotatable bonds is 6. The molecule has 0 aromatic rings. The average Bonchev–Trinajstić information content (AvgIpc) is 2.26. The van der Waals surface area contributed by atoms with Crippen molar-refractivity contribution in [3.63, 3.8) is 0 Å². The van der Waals surface area contributed by atoms with Crippen LogP contribution >= 0.6 is 61.1 Å². The Labute approximate surface area is 167 Å². The van der Waals surface area contributed by atoms with Crippen molar-refractivity contribution in [2.75, 3.05) is 6.38 Å². The topological polar surface area (TPSA) is 268 Å². The third-order valence-corrected chi connectivity index (χ3v) is 3.60. The van der Waals surface area contributed by atoms with Gasteiger partial charge in [-0.05, 0) is 27.4 Å². The van der Waals surface area contributed by atoms with Crippen LogP contribution in [0.3, 0.4) is 0 Å². The minimum absolute atomic E-state index is 0. The molecular formula is CH3ClO15P6U. The molecule has 0 spiro atoms. The van der Waals surface area contributed by atoms with Crippen molar-refractivity contribution in [2.45, 2.75) is 0 Å². The number of alkyl halides is 1. The molecule has 0 amide bonds. The Hall–Kier alpha value is 1.58. The first kappa shape index (κ1) is 36.5. The van der Waals surface area contributed by atoms with E-state index in [4.69, 9.17) is 0 Å². The first-order valence-corrected chi connectivity index (χ1v) is 11.0. The molecule has 0 aliphatic heterocycles. The summed E-state index contributed by atoms with van der Waals surface area (Å²) in [4.78, 5) is 55.4. The van der Waals surface area contributed by atoms with E-state index in [2.05, 4.69) is 24.5 Å². The molecule has 0 saturated carbocycles. The van der Waals surface area contributed by atoms with Gasteiger partial charge in [0.15, 0.2) is 0 Å². The average molecular weight is 714 g/mol. The van der Waals surface area contributed by atoms with Gasteiger partial charge in [0.1, 0.15) is 12.9 Å². The fraction of sp³-hybridized carbons (Fsp3) is 1.00. The zero-order valence-corrected chi connectivity index (χ0v) is 21.0. The van der Waals surface area contributed by atoms with E-state index in [9.17, 15) is 56.8 Å². The first-order chi connectivity index (χ1) is 10.4. The Morgan fingerprint density at radius 1 is 0.500 bits per heavy atom. The predicted molar refractivity (Wildman–Crippen MR) is 60.7 cm³/mol. The van der Waals surface area contributed by atoms with Gasteiger partial charge in [0, 0.05) is 37.5 Å². The second kappa shape index (κ2) is 26.8. The number of halogens is 1. The van der Waals surface area contributed by atoms with E-state index in [-0.39, 0.29) is 31.1 Å². The van der Waals surface area contributed by atoms with Gasteiger partial charge in [-0.25, -0.2) is 0 Å². The SMILES string of the molecule is CCl.O=[P+]([O-])O[P+](=O)[O-].O=[P+]([O-])O[P+](=O)[O-].O=[P+]([O-])O[P+](=O)[O-].[U]. The van der Waals surface area contributed by atoms with Crippen molar-refractivity contribution in [3.05, 3.63) is 0 Å². The van der Waals surface area contributed by atoms with Crippen molar-refractivity contribution in [1.82, 2.24) is 0 Å². The fourth-order valence-corrected chi connectivity index (χ4v) is 1.47. The smallest absolute Gasteiger partial charge is 0.543 e. The van der Waals surface area contributed by atoms with Gasteiger partial charge in [-0.2, -0.15) is 0 Å². The van der Waals surface area contributed by atoms with E-state index < -0.39 is 49.5 Å².